The van der Waals surface area contributed by atoms with Crippen LogP contribution < -0.4 is 5.32 Å². The Bertz CT molecular complexity index is 261. The molecule has 1 saturated carbocycles. The first kappa shape index (κ1) is 15.3. The minimum atomic E-state index is -0.434. The van der Waals surface area contributed by atoms with Crippen molar-refractivity contribution in [1.82, 2.24) is 5.32 Å². The van der Waals surface area contributed by atoms with Gasteiger partial charge in [0.1, 0.15) is 5.60 Å². The van der Waals surface area contributed by atoms with Crippen LogP contribution in [0.2, 0.25) is 0 Å². The van der Waals surface area contributed by atoms with E-state index in [1.807, 2.05) is 20.8 Å². The van der Waals surface area contributed by atoms with Gasteiger partial charge in [-0.3, -0.25) is 0 Å². The van der Waals surface area contributed by atoms with Gasteiger partial charge in [-0.1, -0.05) is 12.8 Å². The number of rotatable bonds is 6. The van der Waals surface area contributed by atoms with Crippen molar-refractivity contribution in [2.75, 3.05) is 13.2 Å². The Hall–Kier alpha value is -0.770. The number of carbonyl (C=O) groups excluding carboxylic acids is 1. The molecule has 0 aliphatic heterocycles. The van der Waals surface area contributed by atoms with E-state index < -0.39 is 5.60 Å². The van der Waals surface area contributed by atoms with Crippen molar-refractivity contribution in [1.29, 1.82) is 0 Å². The molecule has 1 rings (SSSR count). The minimum absolute atomic E-state index is 0.200. The lowest BCUT2D eigenvalue weighted by atomic mass is 9.66. The van der Waals surface area contributed by atoms with E-state index in [4.69, 9.17) is 4.74 Å². The number of hydrogen-bond acceptors (Lipinski definition) is 3. The summed E-state index contributed by atoms with van der Waals surface area (Å²) in [5.74, 6) is 0. The van der Waals surface area contributed by atoms with Gasteiger partial charge < -0.3 is 15.2 Å². The number of aliphatic hydroxyl groups is 1. The van der Waals surface area contributed by atoms with Gasteiger partial charge in [-0.05, 0) is 51.9 Å². The summed E-state index contributed by atoms with van der Waals surface area (Å²) in [5, 5.41) is 12.1. The number of alkyl carbamates (subject to hydrolysis) is 1. The van der Waals surface area contributed by atoms with Crippen molar-refractivity contribution in [3.05, 3.63) is 0 Å². The van der Waals surface area contributed by atoms with Gasteiger partial charge in [0.25, 0.3) is 0 Å². The first-order valence-corrected chi connectivity index (χ1v) is 6.95. The number of carbonyl (C=O) groups is 1. The van der Waals surface area contributed by atoms with E-state index in [9.17, 15) is 9.90 Å². The number of aliphatic hydroxyl groups excluding tert-OH is 1. The Morgan fingerprint density at radius 2 is 2.00 bits per heavy atom. The van der Waals surface area contributed by atoms with Crippen LogP contribution in [0.1, 0.15) is 59.3 Å². The van der Waals surface area contributed by atoms with Crippen LogP contribution in [0.5, 0.6) is 0 Å². The van der Waals surface area contributed by atoms with Crippen LogP contribution in [-0.2, 0) is 4.74 Å². The summed E-state index contributed by atoms with van der Waals surface area (Å²) < 4.78 is 5.15. The van der Waals surface area contributed by atoms with Crippen molar-refractivity contribution in [3.63, 3.8) is 0 Å². The Labute approximate surface area is 110 Å². The van der Waals surface area contributed by atoms with Crippen molar-refractivity contribution >= 4 is 6.09 Å². The third kappa shape index (κ3) is 5.25. The number of nitrogens with one attached hydrogen (secondary N) is 1. The van der Waals surface area contributed by atoms with Crippen LogP contribution in [0.25, 0.3) is 0 Å². The quantitative estimate of drug-likeness (QED) is 0.719. The number of unbranched alkanes of at least 4 members (excludes halogenated alkanes) is 1. The molecule has 1 aliphatic rings. The highest BCUT2D eigenvalue weighted by Gasteiger charge is 2.35. The van der Waals surface area contributed by atoms with E-state index in [2.05, 4.69) is 5.32 Å². The van der Waals surface area contributed by atoms with E-state index in [1.54, 1.807) is 0 Å². The molecule has 0 heterocycles. The second-order valence-corrected chi connectivity index (χ2v) is 6.40. The third-order valence-corrected chi connectivity index (χ3v) is 3.55. The van der Waals surface area contributed by atoms with E-state index in [-0.39, 0.29) is 11.5 Å². The fourth-order valence-corrected chi connectivity index (χ4v) is 2.29. The molecule has 1 aliphatic carbocycles. The van der Waals surface area contributed by atoms with Crippen LogP contribution >= 0.6 is 0 Å². The highest BCUT2D eigenvalue weighted by Crippen LogP contribution is 2.44. The average molecular weight is 257 g/mol. The molecule has 4 heteroatoms. The molecule has 0 bridgehead atoms. The van der Waals surface area contributed by atoms with Gasteiger partial charge in [-0.25, -0.2) is 4.79 Å². The molecule has 2 N–H and O–H groups in total. The van der Waals surface area contributed by atoms with Crippen LogP contribution in [0.3, 0.4) is 0 Å². The predicted molar refractivity (Wildman–Crippen MR) is 71.5 cm³/mol. The Morgan fingerprint density at radius 3 is 2.44 bits per heavy atom. The van der Waals surface area contributed by atoms with E-state index in [1.165, 1.54) is 6.42 Å². The topological polar surface area (TPSA) is 58.6 Å². The number of hydrogen-bond donors (Lipinski definition) is 2. The Balaban J connectivity index is 2.03. The Morgan fingerprint density at radius 1 is 1.33 bits per heavy atom. The molecule has 1 fully saturated rings. The first-order valence-electron chi connectivity index (χ1n) is 6.95. The molecule has 0 saturated heterocycles. The molecule has 0 unspecified atom stereocenters. The second kappa shape index (κ2) is 6.41. The minimum Gasteiger partial charge on any atom is -0.444 e. The fourth-order valence-electron chi connectivity index (χ4n) is 2.29. The maximum Gasteiger partial charge on any atom is 0.407 e. The standard InChI is InChI=1S/C14H27NO3/c1-13(2,3)18-12(17)15-10-5-4-7-14(11-16)8-6-9-14/h16H,4-11H2,1-3H3,(H,15,17). The SMILES string of the molecule is CC(C)(C)OC(=O)NCCCCC1(CO)CCC1. The smallest absolute Gasteiger partial charge is 0.407 e. The largest absolute Gasteiger partial charge is 0.444 e. The second-order valence-electron chi connectivity index (χ2n) is 6.40. The molecule has 0 radical (unpaired) electrons. The lowest BCUT2D eigenvalue weighted by molar-refractivity contribution is 0.0333. The van der Waals surface area contributed by atoms with Crippen molar-refractivity contribution in [3.8, 4) is 0 Å². The van der Waals surface area contributed by atoms with Crippen LogP contribution in [0.15, 0.2) is 0 Å². The summed E-state index contributed by atoms with van der Waals surface area (Å²) in [7, 11) is 0. The Kier molecular flexibility index (Phi) is 5.45. The molecule has 0 atom stereocenters. The van der Waals surface area contributed by atoms with E-state index in [0.717, 1.165) is 32.1 Å². The number of ether oxygens (including phenoxy) is 1. The first-order chi connectivity index (χ1) is 8.37. The molecule has 0 aromatic carbocycles. The number of amides is 1. The molecular weight excluding hydrogens is 230 g/mol. The fraction of sp³-hybridized carbons (Fsp3) is 0.929. The highest BCUT2D eigenvalue weighted by atomic mass is 16.6. The molecule has 106 valence electrons. The molecule has 0 aromatic heterocycles. The van der Waals surface area contributed by atoms with Gasteiger partial charge >= 0.3 is 6.09 Å². The van der Waals surface area contributed by atoms with Crippen molar-refractivity contribution < 1.29 is 14.6 Å². The van der Waals surface area contributed by atoms with Gasteiger partial charge in [0.05, 0.1) is 0 Å². The summed E-state index contributed by atoms with van der Waals surface area (Å²) >= 11 is 0. The zero-order valence-corrected chi connectivity index (χ0v) is 11.9. The maximum absolute atomic E-state index is 11.4. The van der Waals surface area contributed by atoms with E-state index >= 15 is 0 Å². The van der Waals surface area contributed by atoms with Crippen LogP contribution in [-0.4, -0.2) is 30.0 Å². The van der Waals surface area contributed by atoms with E-state index in [0.29, 0.717) is 13.2 Å². The van der Waals surface area contributed by atoms with Crippen molar-refractivity contribution in [2.45, 2.75) is 64.9 Å². The van der Waals surface area contributed by atoms with Gasteiger partial charge in [-0.15, -0.1) is 0 Å². The lowest BCUT2D eigenvalue weighted by Gasteiger charge is -2.40. The summed E-state index contributed by atoms with van der Waals surface area (Å²) in [5.41, 5.74) is -0.233. The monoisotopic (exact) mass is 257 g/mol. The average Bonchev–Trinajstić information content (AvgIpc) is 2.18. The van der Waals surface area contributed by atoms with Gasteiger partial charge in [0.2, 0.25) is 0 Å². The van der Waals surface area contributed by atoms with Crippen molar-refractivity contribution in [2.24, 2.45) is 5.41 Å². The normalized spacial score (nSPS) is 18.0. The molecule has 0 aromatic rings. The molecule has 4 nitrogen and oxygen atoms in total. The molecule has 0 spiro atoms. The molecule has 18 heavy (non-hydrogen) atoms. The predicted octanol–water partition coefficient (Wildman–Crippen LogP) is 2.84. The zero-order valence-electron chi connectivity index (χ0n) is 11.9. The maximum atomic E-state index is 11.4. The van der Waals surface area contributed by atoms with Gasteiger partial charge in [0.15, 0.2) is 0 Å². The molecular formula is C14H27NO3. The summed E-state index contributed by atoms with van der Waals surface area (Å²) in [6.07, 6.45) is 6.28. The van der Waals surface area contributed by atoms with Crippen LogP contribution in [0.4, 0.5) is 4.79 Å². The van der Waals surface area contributed by atoms with Crippen LogP contribution in [0, 0.1) is 5.41 Å². The summed E-state index contributed by atoms with van der Waals surface area (Å²) in [6.45, 7) is 6.53. The summed E-state index contributed by atoms with van der Waals surface area (Å²) in [6, 6.07) is 0. The molecule has 1 amide bonds. The van der Waals surface area contributed by atoms with Gasteiger partial charge in [0, 0.05) is 13.2 Å². The third-order valence-electron chi connectivity index (χ3n) is 3.55. The lowest BCUT2D eigenvalue weighted by Crippen LogP contribution is -2.34. The zero-order chi connectivity index (χ0) is 13.6. The highest BCUT2D eigenvalue weighted by molar-refractivity contribution is 5.67. The van der Waals surface area contributed by atoms with Gasteiger partial charge in [-0.2, -0.15) is 0 Å². The summed E-state index contributed by atoms with van der Waals surface area (Å²) in [4.78, 5) is 11.4.